The average molecular weight is 419 g/mol. The second kappa shape index (κ2) is 8.17. The van der Waals surface area contributed by atoms with Crippen LogP contribution < -0.4 is 9.47 Å². The van der Waals surface area contributed by atoms with E-state index in [1.807, 2.05) is 24.3 Å². The van der Waals surface area contributed by atoms with Crippen LogP contribution in [0.2, 0.25) is 5.02 Å². The summed E-state index contributed by atoms with van der Waals surface area (Å²) in [5, 5.41) is 0.449. The molecule has 4 nitrogen and oxygen atoms in total. The molecule has 5 heteroatoms. The van der Waals surface area contributed by atoms with Crippen molar-refractivity contribution in [3.05, 3.63) is 99.3 Å². The molecule has 0 aliphatic carbocycles. The van der Waals surface area contributed by atoms with E-state index in [0.717, 1.165) is 12.0 Å². The maximum Gasteiger partial charge on any atom is 0.343 e. The van der Waals surface area contributed by atoms with Gasteiger partial charge >= 0.3 is 5.97 Å². The molecule has 30 heavy (non-hydrogen) atoms. The fourth-order valence-electron chi connectivity index (χ4n) is 3.32. The van der Waals surface area contributed by atoms with Gasteiger partial charge in [0.25, 0.3) is 0 Å². The molecule has 3 aromatic rings. The molecule has 1 aliphatic heterocycles. The quantitative estimate of drug-likeness (QED) is 0.294. The Morgan fingerprint density at radius 1 is 1.10 bits per heavy atom. The fourth-order valence-corrected chi connectivity index (χ4v) is 3.51. The van der Waals surface area contributed by atoms with Gasteiger partial charge in [-0.05, 0) is 60.4 Å². The third kappa shape index (κ3) is 4.00. The van der Waals surface area contributed by atoms with Gasteiger partial charge in [-0.25, -0.2) is 4.79 Å². The van der Waals surface area contributed by atoms with E-state index in [9.17, 15) is 9.59 Å². The largest absolute Gasteiger partial charge is 0.452 e. The number of ether oxygens (including phenoxy) is 2. The maximum atomic E-state index is 12.8. The first-order valence-electron chi connectivity index (χ1n) is 9.60. The minimum atomic E-state index is -0.534. The van der Waals surface area contributed by atoms with Crippen LogP contribution in [-0.4, -0.2) is 11.8 Å². The summed E-state index contributed by atoms with van der Waals surface area (Å²) in [6.07, 6.45) is 2.67. The summed E-state index contributed by atoms with van der Waals surface area (Å²) in [7, 11) is 0. The molecule has 1 heterocycles. The van der Waals surface area contributed by atoms with Crippen molar-refractivity contribution in [2.24, 2.45) is 0 Å². The van der Waals surface area contributed by atoms with Crippen molar-refractivity contribution in [3.8, 4) is 11.5 Å². The van der Waals surface area contributed by atoms with Gasteiger partial charge in [0.05, 0.1) is 11.1 Å². The van der Waals surface area contributed by atoms with Crippen molar-refractivity contribution in [1.29, 1.82) is 0 Å². The molecule has 4 rings (SSSR count). The third-order valence-electron chi connectivity index (χ3n) is 4.90. The minimum absolute atomic E-state index is 0.185. The average Bonchev–Trinajstić information content (AvgIpc) is 3.04. The number of aryl methyl sites for hydroxylation is 2. The first-order valence-corrected chi connectivity index (χ1v) is 9.98. The highest BCUT2D eigenvalue weighted by Gasteiger charge is 2.30. The molecule has 0 spiro atoms. The van der Waals surface area contributed by atoms with E-state index in [4.69, 9.17) is 21.1 Å². The molecule has 0 amide bonds. The Morgan fingerprint density at radius 2 is 1.87 bits per heavy atom. The van der Waals surface area contributed by atoms with E-state index in [2.05, 4.69) is 6.92 Å². The van der Waals surface area contributed by atoms with Gasteiger partial charge in [0.2, 0.25) is 5.78 Å². The number of benzene rings is 3. The summed E-state index contributed by atoms with van der Waals surface area (Å²) in [6.45, 7) is 3.88. The number of hydrogen-bond acceptors (Lipinski definition) is 4. The van der Waals surface area contributed by atoms with Crippen LogP contribution in [0.25, 0.3) is 6.08 Å². The zero-order valence-corrected chi connectivity index (χ0v) is 17.3. The van der Waals surface area contributed by atoms with Gasteiger partial charge in [-0.1, -0.05) is 48.9 Å². The van der Waals surface area contributed by atoms with Crippen LogP contribution in [0.4, 0.5) is 0 Å². The van der Waals surface area contributed by atoms with Crippen LogP contribution >= 0.6 is 11.6 Å². The Bertz CT molecular complexity index is 1180. The third-order valence-corrected chi connectivity index (χ3v) is 5.14. The van der Waals surface area contributed by atoms with Crippen LogP contribution in [0.15, 0.2) is 66.4 Å². The number of carbonyl (C=O) groups excluding carboxylic acids is 2. The van der Waals surface area contributed by atoms with E-state index in [1.165, 1.54) is 11.6 Å². The standard InChI is InChI=1S/C25H19ClO4/c1-3-16-7-9-17(10-8-16)12-22-24(27)23-15(2)11-20(14-21(23)30-22)29-25(28)18-5-4-6-19(26)13-18/h4-14H,3H2,1-2H3/b22-12-. The van der Waals surface area contributed by atoms with E-state index in [1.54, 1.807) is 43.3 Å². The van der Waals surface area contributed by atoms with E-state index < -0.39 is 5.97 Å². The van der Waals surface area contributed by atoms with Crippen molar-refractivity contribution in [2.45, 2.75) is 20.3 Å². The lowest BCUT2D eigenvalue weighted by molar-refractivity contribution is 0.0734. The summed E-state index contributed by atoms with van der Waals surface area (Å²) in [5.41, 5.74) is 3.61. The Hall–Kier alpha value is -3.37. The molecule has 1 aliphatic rings. The van der Waals surface area contributed by atoms with Crippen molar-refractivity contribution >= 4 is 29.4 Å². The number of halogens is 1. The van der Waals surface area contributed by atoms with Gasteiger partial charge in [0.15, 0.2) is 5.76 Å². The first kappa shape index (κ1) is 19.9. The number of rotatable bonds is 4. The normalized spacial score (nSPS) is 13.8. The molecule has 0 radical (unpaired) electrons. The lowest BCUT2D eigenvalue weighted by Crippen LogP contribution is -2.08. The Labute approximate surface area is 179 Å². The lowest BCUT2D eigenvalue weighted by Gasteiger charge is -2.08. The molecule has 3 aromatic carbocycles. The SMILES string of the molecule is CCc1ccc(/C=C2\Oc3cc(OC(=O)c4cccc(Cl)c4)cc(C)c3C2=O)cc1. The van der Waals surface area contributed by atoms with Gasteiger partial charge < -0.3 is 9.47 Å². The summed E-state index contributed by atoms with van der Waals surface area (Å²) in [6, 6.07) is 17.7. The molecule has 150 valence electrons. The number of esters is 1. The van der Waals surface area contributed by atoms with Crippen LogP contribution in [0.5, 0.6) is 11.5 Å². The second-order valence-corrected chi connectivity index (χ2v) is 7.48. The van der Waals surface area contributed by atoms with Crippen LogP contribution in [-0.2, 0) is 6.42 Å². The van der Waals surface area contributed by atoms with Gasteiger partial charge in [-0.3, -0.25) is 4.79 Å². The molecular formula is C25H19ClO4. The van der Waals surface area contributed by atoms with Gasteiger partial charge in [0.1, 0.15) is 11.5 Å². The zero-order chi connectivity index (χ0) is 21.3. The summed E-state index contributed by atoms with van der Waals surface area (Å²) in [5.74, 6) is 0.210. The highest BCUT2D eigenvalue weighted by Crippen LogP contribution is 2.37. The molecule has 0 aromatic heterocycles. The van der Waals surface area contributed by atoms with Crippen LogP contribution in [0.3, 0.4) is 0 Å². The number of Topliss-reactive ketones (excluding diaryl/α,β-unsaturated/α-hetero) is 1. The summed E-state index contributed by atoms with van der Waals surface area (Å²) < 4.78 is 11.3. The highest BCUT2D eigenvalue weighted by molar-refractivity contribution is 6.30. The maximum absolute atomic E-state index is 12.8. The van der Waals surface area contributed by atoms with Gasteiger partial charge in [0, 0.05) is 11.1 Å². The van der Waals surface area contributed by atoms with E-state index in [0.29, 0.717) is 33.2 Å². The molecule has 0 atom stereocenters. The van der Waals surface area contributed by atoms with Crippen molar-refractivity contribution < 1.29 is 19.1 Å². The predicted octanol–water partition coefficient (Wildman–Crippen LogP) is 6.05. The van der Waals surface area contributed by atoms with Gasteiger partial charge in [-0.2, -0.15) is 0 Å². The molecule has 0 saturated carbocycles. The number of allylic oxidation sites excluding steroid dienone is 1. The molecule has 0 saturated heterocycles. The van der Waals surface area contributed by atoms with Crippen molar-refractivity contribution in [3.63, 3.8) is 0 Å². The first-order chi connectivity index (χ1) is 14.4. The molecule has 0 fully saturated rings. The minimum Gasteiger partial charge on any atom is -0.452 e. The second-order valence-electron chi connectivity index (χ2n) is 7.05. The van der Waals surface area contributed by atoms with E-state index in [-0.39, 0.29) is 11.5 Å². The predicted molar refractivity (Wildman–Crippen MR) is 116 cm³/mol. The summed E-state index contributed by atoms with van der Waals surface area (Å²) >= 11 is 5.94. The van der Waals surface area contributed by atoms with Crippen molar-refractivity contribution in [1.82, 2.24) is 0 Å². The number of carbonyl (C=O) groups is 2. The number of hydrogen-bond donors (Lipinski definition) is 0. The van der Waals surface area contributed by atoms with E-state index >= 15 is 0 Å². The Balaban J connectivity index is 1.59. The Morgan fingerprint density at radius 3 is 2.57 bits per heavy atom. The van der Waals surface area contributed by atoms with Crippen LogP contribution in [0, 0.1) is 6.92 Å². The number of fused-ring (bicyclic) bond motifs is 1. The lowest BCUT2D eigenvalue weighted by atomic mass is 10.0. The monoisotopic (exact) mass is 418 g/mol. The Kier molecular flexibility index (Phi) is 5.42. The fraction of sp³-hybridized carbons (Fsp3) is 0.120. The van der Waals surface area contributed by atoms with Crippen molar-refractivity contribution in [2.75, 3.05) is 0 Å². The zero-order valence-electron chi connectivity index (χ0n) is 16.6. The topological polar surface area (TPSA) is 52.6 Å². The highest BCUT2D eigenvalue weighted by atomic mass is 35.5. The molecule has 0 bridgehead atoms. The summed E-state index contributed by atoms with van der Waals surface area (Å²) in [4.78, 5) is 25.2. The van der Waals surface area contributed by atoms with Gasteiger partial charge in [-0.15, -0.1) is 0 Å². The number of ketones is 1. The smallest absolute Gasteiger partial charge is 0.343 e. The molecular weight excluding hydrogens is 400 g/mol. The molecule has 0 N–H and O–H groups in total. The van der Waals surface area contributed by atoms with Crippen LogP contribution in [0.1, 0.15) is 44.3 Å². The molecule has 0 unspecified atom stereocenters.